The van der Waals surface area contributed by atoms with Gasteiger partial charge in [0.25, 0.3) is 5.91 Å². The zero-order valence-corrected chi connectivity index (χ0v) is 16.8. The van der Waals surface area contributed by atoms with Gasteiger partial charge in [-0.2, -0.15) is 0 Å². The van der Waals surface area contributed by atoms with E-state index in [1.54, 1.807) is 6.20 Å². The zero-order chi connectivity index (χ0) is 19.5. The number of hydrogen-bond acceptors (Lipinski definition) is 5. The SMILES string of the molecule is CC1CCN(c2ccc(C(=O)N3CCCC(N4CCNCC4=O)C3)cn2)CC1. The monoisotopic (exact) mass is 385 g/mol. The summed E-state index contributed by atoms with van der Waals surface area (Å²) in [5.41, 5.74) is 0.640. The molecule has 1 atom stereocenters. The van der Waals surface area contributed by atoms with Crippen LogP contribution in [0.3, 0.4) is 0 Å². The number of piperazine rings is 1. The summed E-state index contributed by atoms with van der Waals surface area (Å²) in [7, 11) is 0. The molecular weight excluding hydrogens is 354 g/mol. The van der Waals surface area contributed by atoms with Crippen LogP contribution in [0, 0.1) is 5.92 Å². The third-order valence-electron chi connectivity index (χ3n) is 6.35. The molecule has 1 unspecified atom stereocenters. The van der Waals surface area contributed by atoms with E-state index in [-0.39, 0.29) is 17.9 Å². The topological polar surface area (TPSA) is 68.8 Å². The van der Waals surface area contributed by atoms with Crippen molar-refractivity contribution in [1.29, 1.82) is 0 Å². The maximum absolute atomic E-state index is 13.0. The number of nitrogens with zero attached hydrogens (tertiary/aromatic N) is 4. The van der Waals surface area contributed by atoms with Crippen LogP contribution in [-0.2, 0) is 4.79 Å². The van der Waals surface area contributed by atoms with Crippen LogP contribution in [0.1, 0.15) is 43.0 Å². The number of nitrogens with one attached hydrogen (secondary N) is 1. The van der Waals surface area contributed by atoms with Crippen molar-refractivity contribution >= 4 is 17.6 Å². The Balaban J connectivity index is 1.38. The second kappa shape index (κ2) is 8.47. The number of likely N-dealkylation sites (tertiary alicyclic amines) is 1. The van der Waals surface area contributed by atoms with Crippen molar-refractivity contribution in [3.05, 3.63) is 23.9 Å². The van der Waals surface area contributed by atoms with Crippen molar-refractivity contribution in [1.82, 2.24) is 20.1 Å². The van der Waals surface area contributed by atoms with Gasteiger partial charge in [-0.15, -0.1) is 0 Å². The van der Waals surface area contributed by atoms with E-state index in [0.29, 0.717) is 18.7 Å². The number of piperidine rings is 2. The largest absolute Gasteiger partial charge is 0.357 e. The Hall–Kier alpha value is -2.15. The van der Waals surface area contributed by atoms with E-state index in [0.717, 1.165) is 57.3 Å². The Labute approximate surface area is 167 Å². The predicted octanol–water partition coefficient (Wildman–Crippen LogP) is 1.35. The van der Waals surface area contributed by atoms with Crippen LogP contribution in [0.5, 0.6) is 0 Å². The normalized spacial score (nSPS) is 24.5. The second-order valence-electron chi connectivity index (χ2n) is 8.39. The minimum Gasteiger partial charge on any atom is -0.357 e. The molecule has 1 aromatic rings. The van der Waals surface area contributed by atoms with Crippen molar-refractivity contribution < 1.29 is 9.59 Å². The average Bonchev–Trinajstić information content (AvgIpc) is 2.74. The van der Waals surface area contributed by atoms with Gasteiger partial charge in [0.15, 0.2) is 0 Å². The summed E-state index contributed by atoms with van der Waals surface area (Å²) in [6.07, 6.45) is 6.02. The van der Waals surface area contributed by atoms with Crippen molar-refractivity contribution in [3.8, 4) is 0 Å². The molecule has 3 aliphatic rings. The molecule has 0 aromatic carbocycles. The molecule has 3 fully saturated rings. The first-order valence-corrected chi connectivity index (χ1v) is 10.6. The maximum atomic E-state index is 13.0. The third kappa shape index (κ3) is 4.14. The Morgan fingerprint density at radius 3 is 2.68 bits per heavy atom. The molecule has 0 radical (unpaired) electrons. The highest BCUT2D eigenvalue weighted by atomic mass is 16.2. The van der Waals surface area contributed by atoms with E-state index >= 15 is 0 Å². The fourth-order valence-corrected chi connectivity index (χ4v) is 4.52. The highest BCUT2D eigenvalue weighted by molar-refractivity contribution is 5.94. The van der Waals surface area contributed by atoms with Gasteiger partial charge >= 0.3 is 0 Å². The van der Waals surface area contributed by atoms with Crippen molar-refractivity contribution in [3.63, 3.8) is 0 Å². The second-order valence-corrected chi connectivity index (χ2v) is 8.39. The Kier molecular flexibility index (Phi) is 5.80. The number of amides is 2. The lowest BCUT2D eigenvalue weighted by atomic mass is 9.99. The fraction of sp³-hybridized carbons (Fsp3) is 0.667. The number of carbonyl (C=O) groups excluding carboxylic acids is 2. The molecule has 1 N–H and O–H groups in total. The third-order valence-corrected chi connectivity index (χ3v) is 6.35. The summed E-state index contributed by atoms with van der Waals surface area (Å²) in [6, 6.07) is 4.02. The van der Waals surface area contributed by atoms with E-state index in [4.69, 9.17) is 0 Å². The van der Waals surface area contributed by atoms with Crippen molar-refractivity contribution in [2.45, 2.75) is 38.6 Å². The van der Waals surface area contributed by atoms with Crippen LogP contribution in [0.2, 0.25) is 0 Å². The molecule has 3 saturated heterocycles. The molecule has 0 bridgehead atoms. The summed E-state index contributed by atoms with van der Waals surface area (Å²) in [5.74, 6) is 1.92. The first kappa shape index (κ1) is 19.2. The molecule has 0 aliphatic carbocycles. The van der Waals surface area contributed by atoms with E-state index in [1.165, 1.54) is 12.8 Å². The van der Waals surface area contributed by atoms with Gasteiger partial charge in [0, 0.05) is 51.5 Å². The lowest BCUT2D eigenvalue weighted by Crippen LogP contribution is -2.57. The molecule has 1 aromatic heterocycles. The van der Waals surface area contributed by atoms with Crippen molar-refractivity contribution in [2.24, 2.45) is 5.92 Å². The smallest absolute Gasteiger partial charge is 0.255 e. The van der Waals surface area contributed by atoms with Gasteiger partial charge in [-0.05, 0) is 43.7 Å². The zero-order valence-electron chi connectivity index (χ0n) is 16.8. The molecular formula is C21H31N5O2. The van der Waals surface area contributed by atoms with Crippen LogP contribution in [0.15, 0.2) is 18.3 Å². The molecule has 7 nitrogen and oxygen atoms in total. The number of rotatable bonds is 3. The lowest BCUT2D eigenvalue weighted by molar-refractivity contribution is -0.135. The van der Waals surface area contributed by atoms with Crippen LogP contribution in [-0.4, -0.2) is 78.5 Å². The highest BCUT2D eigenvalue weighted by Gasteiger charge is 2.32. The van der Waals surface area contributed by atoms with Crippen molar-refractivity contribution in [2.75, 3.05) is 50.7 Å². The first-order chi connectivity index (χ1) is 13.6. The van der Waals surface area contributed by atoms with E-state index in [2.05, 4.69) is 22.1 Å². The summed E-state index contributed by atoms with van der Waals surface area (Å²) >= 11 is 0. The molecule has 152 valence electrons. The van der Waals surface area contributed by atoms with Gasteiger partial charge in [0.2, 0.25) is 5.91 Å². The molecule has 4 heterocycles. The van der Waals surface area contributed by atoms with Crippen LogP contribution in [0.25, 0.3) is 0 Å². The van der Waals surface area contributed by atoms with Gasteiger partial charge in [-0.3, -0.25) is 9.59 Å². The van der Waals surface area contributed by atoms with Crippen LogP contribution < -0.4 is 10.2 Å². The number of anilines is 1. The van der Waals surface area contributed by atoms with Gasteiger partial charge in [0.05, 0.1) is 12.1 Å². The molecule has 0 spiro atoms. The minimum atomic E-state index is 0.0265. The van der Waals surface area contributed by atoms with E-state index in [1.807, 2.05) is 21.9 Å². The summed E-state index contributed by atoms with van der Waals surface area (Å²) in [5, 5.41) is 3.11. The summed E-state index contributed by atoms with van der Waals surface area (Å²) < 4.78 is 0. The fourth-order valence-electron chi connectivity index (χ4n) is 4.52. The average molecular weight is 386 g/mol. The minimum absolute atomic E-state index is 0.0265. The van der Waals surface area contributed by atoms with Gasteiger partial charge in [0.1, 0.15) is 5.82 Å². The maximum Gasteiger partial charge on any atom is 0.255 e. The molecule has 28 heavy (non-hydrogen) atoms. The summed E-state index contributed by atoms with van der Waals surface area (Å²) in [4.78, 5) is 35.9. The standard InChI is InChI=1S/C21H31N5O2/c1-16-6-10-24(11-7-16)19-5-4-17(13-23-19)21(28)25-9-2-3-18(15-25)26-12-8-22-14-20(26)27/h4-5,13,16,18,22H,2-3,6-12,14-15H2,1H3. The number of hydrogen-bond donors (Lipinski definition) is 1. The lowest BCUT2D eigenvalue weighted by Gasteiger charge is -2.41. The Morgan fingerprint density at radius 2 is 1.96 bits per heavy atom. The Morgan fingerprint density at radius 1 is 1.14 bits per heavy atom. The van der Waals surface area contributed by atoms with Gasteiger partial charge in [-0.25, -0.2) is 4.98 Å². The number of aromatic nitrogens is 1. The molecule has 3 aliphatic heterocycles. The molecule has 7 heteroatoms. The molecule has 2 amide bonds. The van der Waals surface area contributed by atoms with E-state index in [9.17, 15) is 9.59 Å². The Bertz CT molecular complexity index is 699. The van der Waals surface area contributed by atoms with E-state index < -0.39 is 0 Å². The molecule has 0 saturated carbocycles. The summed E-state index contributed by atoms with van der Waals surface area (Å²) in [6.45, 7) is 7.71. The number of carbonyl (C=O) groups is 2. The van der Waals surface area contributed by atoms with Gasteiger partial charge < -0.3 is 20.0 Å². The first-order valence-electron chi connectivity index (χ1n) is 10.6. The van der Waals surface area contributed by atoms with Crippen LogP contribution in [0.4, 0.5) is 5.82 Å². The highest BCUT2D eigenvalue weighted by Crippen LogP contribution is 2.23. The predicted molar refractivity (Wildman–Crippen MR) is 108 cm³/mol. The van der Waals surface area contributed by atoms with Gasteiger partial charge in [-0.1, -0.05) is 6.92 Å². The number of pyridine rings is 1. The quantitative estimate of drug-likeness (QED) is 0.851. The molecule has 4 rings (SSSR count). The van der Waals surface area contributed by atoms with Crippen LogP contribution >= 0.6 is 0 Å².